The van der Waals surface area contributed by atoms with Crippen LogP contribution in [-0.2, 0) is 4.79 Å². The Bertz CT molecular complexity index is 959. The van der Waals surface area contributed by atoms with E-state index in [1.165, 1.54) is 6.26 Å². The summed E-state index contributed by atoms with van der Waals surface area (Å²) >= 11 is 12.0. The van der Waals surface area contributed by atoms with Crippen LogP contribution in [0.2, 0.25) is 10.0 Å². The molecule has 0 radical (unpaired) electrons. The average Bonchev–Trinajstić information content (AvgIpc) is 3.18. The Balaban J connectivity index is 1.58. The summed E-state index contributed by atoms with van der Waals surface area (Å²) in [7, 11) is 0. The van der Waals surface area contributed by atoms with E-state index in [2.05, 4.69) is 16.0 Å². The van der Waals surface area contributed by atoms with Crippen molar-refractivity contribution in [2.24, 2.45) is 0 Å². The third-order valence-corrected chi connectivity index (χ3v) is 4.08. The fourth-order valence-electron chi connectivity index (χ4n) is 2.29. The molecule has 0 atom stereocenters. The number of nitrogens with one attached hydrogen (secondary N) is 3. The van der Waals surface area contributed by atoms with E-state index >= 15 is 0 Å². The number of carbonyl (C=O) groups excluding carboxylic acids is 2. The van der Waals surface area contributed by atoms with Gasteiger partial charge in [-0.25, -0.2) is 0 Å². The van der Waals surface area contributed by atoms with Gasteiger partial charge in [0, 0.05) is 16.4 Å². The van der Waals surface area contributed by atoms with Gasteiger partial charge in [0.15, 0.2) is 5.76 Å². The van der Waals surface area contributed by atoms with Crippen LogP contribution in [0.1, 0.15) is 10.6 Å². The van der Waals surface area contributed by atoms with E-state index in [0.29, 0.717) is 27.1 Å². The van der Waals surface area contributed by atoms with Gasteiger partial charge in [-0.15, -0.1) is 0 Å². The number of hydrogen-bond donors (Lipinski definition) is 3. The van der Waals surface area contributed by atoms with Crippen LogP contribution in [-0.4, -0.2) is 18.4 Å². The van der Waals surface area contributed by atoms with Crippen molar-refractivity contribution in [2.45, 2.75) is 0 Å². The monoisotopic (exact) mass is 403 g/mol. The molecule has 0 unspecified atom stereocenters. The minimum absolute atomic E-state index is 0.00302. The molecule has 0 bridgehead atoms. The standard InChI is InChI=1S/C19H15Cl2N3O3/c20-12-6-7-15(21)16(9-12)22-11-18(25)23-13-3-1-4-14(10-13)24-19(26)17-5-2-8-27-17/h1-10,22H,11H2,(H,23,25)(H,24,26). The molecule has 1 aromatic heterocycles. The maximum atomic E-state index is 12.2. The van der Waals surface area contributed by atoms with Crippen LogP contribution in [0.15, 0.2) is 65.3 Å². The van der Waals surface area contributed by atoms with E-state index in [1.54, 1.807) is 54.6 Å². The molecule has 0 aliphatic heterocycles. The fraction of sp³-hybridized carbons (Fsp3) is 0.0526. The van der Waals surface area contributed by atoms with E-state index in [1.807, 2.05) is 0 Å². The van der Waals surface area contributed by atoms with Crippen molar-refractivity contribution >= 4 is 52.1 Å². The zero-order chi connectivity index (χ0) is 19.2. The highest BCUT2D eigenvalue weighted by atomic mass is 35.5. The number of benzene rings is 2. The molecular weight excluding hydrogens is 389 g/mol. The summed E-state index contributed by atoms with van der Waals surface area (Å²) in [5.41, 5.74) is 1.63. The largest absolute Gasteiger partial charge is 0.459 e. The lowest BCUT2D eigenvalue weighted by Crippen LogP contribution is -2.22. The fourth-order valence-corrected chi connectivity index (χ4v) is 2.65. The van der Waals surface area contributed by atoms with Crippen LogP contribution in [0.5, 0.6) is 0 Å². The van der Waals surface area contributed by atoms with E-state index in [9.17, 15) is 9.59 Å². The van der Waals surface area contributed by atoms with Gasteiger partial charge in [0.1, 0.15) is 0 Å². The quantitative estimate of drug-likeness (QED) is 0.546. The Kier molecular flexibility index (Phi) is 6.01. The number of carbonyl (C=O) groups is 2. The zero-order valence-electron chi connectivity index (χ0n) is 14.0. The summed E-state index contributed by atoms with van der Waals surface area (Å²) in [4.78, 5) is 24.2. The SMILES string of the molecule is O=C(CNc1cc(Cl)ccc1Cl)Nc1cccc(NC(=O)c2ccco2)c1. The summed E-state index contributed by atoms with van der Waals surface area (Å²) in [6.45, 7) is 0.00302. The Hall–Kier alpha value is -2.96. The summed E-state index contributed by atoms with van der Waals surface area (Å²) in [5, 5.41) is 9.35. The van der Waals surface area contributed by atoms with Crippen molar-refractivity contribution < 1.29 is 14.0 Å². The number of halogens is 2. The number of rotatable bonds is 6. The molecule has 27 heavy (non-hydrogen) atoms. The predicted molar refractivity (Wildman–Crippen MR) is 107 cm³/mol. The minimum atomic E-state index is -0.374. The first kappa shape index (κ1) is 18.8. The Labute approximate surface area is 165 Å². The van der Waals surface area contributed by atoms with Crippen LogP contribution < -0.4 is 16.0 Å². The highest BCUT2D eigenvalue weighted by Gasteiger charge is 2.10. The first-order valence-corrected chi connectivity index (χ1v) is 8.70. The third-order valence-electron chi connectivity index (χ3n) is 3.52. The van der Waals surface area contributed by atoms with Crippen LogP contribution >= 0.6 is 23.2 Å². The van der Waals surface area contributed by atoms with Crippen LogP contribution in [0, 0.1) is 0 Å². The molecule has 6 nitrogen and oxygen atoms in total. The van der Waals surface area contributed by atoms with Crippen LogP contribution in [0.25, 0.3) is 0 Å². The normalized spacial score (nSPS) is 10.3. The summed E-state index contributed by atoms with van der Waals surface area (Å²) in [6.07, 6.45) is 1.42. The second kappa shape index (κ2) is 8.62. The van der Waals surface area contributed by atoms with Gasteiger partial charge < -0.3 is 20.4 Å². The molecule has 3 rings (SSSR count). The topological polar surface area (TPSA) is 83.4 Å². The molecule has 1 heterocycles. The lowest BCUT2D eigenvalue weighted by Gasteiger charge is -2.10. The molecule has 0 aliphatic carbocycles. The van der Waals surface area contributed by atoms with Crippen molar-refractivity contribution in [3.8, 4) is 0 Å². The molecule has 3 aromatic rings. The maximum Gasteiger partial charge on any atom is 0.291 e. The van der Waals surface area contributed by atoms with E-state index in [4.69, 9.17) is 27.6 Å². The molecule has 0 fully saturated rings. The molecule has 0 spiro atoms. The lowest BCUT2D eigenvalue weighted by molar-refractivity contribution is -0.114. The minimum Gasteiger partial charge on any atom is -0.459 e. The first-order valence-electron chi connectivity index (χ1n) is 7.95. The highest BCUT2D eigenvalue weighted by molar-refractivity contribution is 6.35. The molecule has 2 amide bonds. The molecular formula is C19H15Cl2N3O3. The highest BCUT2D eigenvalue weighted by Crippen LogP contribution is 2.25. The maximum absolute atomic E-state index is 12.2. The Morgan fingerprint density at radius 1 is 0.926 bits per heavy atom. The predicted octanol–water partition coefficient (Wildman–Crippen LogP) is 4.89. The third kappa shape index (κ3) is 5.26. The number of hydrogen-bond acceptors (Lipinski definition) is 4. The number of anilines is 3. The zero-order valence-corrected chi connectivity index (χ0v) is 15.5. The molecule has 0 saturated heterocycles. The Morgan fingerprint density at radius 2 is 1.70 bits per heavy atom. The smallest absolute Gasteiger partial charge is 0.291 e. The van der Waals surface area contributed by atoms with Crippen molar-refractivity contribution in [1.29, 1.82) is 0 Å². The van der Waals surface area contributed by atoms with Gasteiger partial charge in [-0.3, -0.25) is 9.59 Å². The second-order valence-corrected chi connectivity index (χ2v) is 6.38. The van der Waals surface area contributed by atoms with Gasteiger partial charge in [0.25, 0.3) is 5.91 Å². The van der Waals surface area contributed by atoms with Crippen molar-refractivity contribution in [3.05, 3.63) is 76.7 Å². The van der Waals surface area contributed by atoms with E-state index < -0.39 is 0 Å². The van der Waals surface area contributed by atoms with Crippen molar-refractivity contribution in [3.63, 3.8) is 0 Å². The Morgan fingerprint density at radius 3 is 2.44 bits per heavy atom. The van der Waals surface area contributed by atoms with Crippen molar-refractivity contribution in [1.82, 2.24) is 0 Å². The summed E-state index contributed by atoms with van der Waals surface area (Å²) in [6, 6.07) is 14.9. The summed E-state index contributed by atoms with van der Waals surface area (Å²) in [5.74, 6) is -0.451. The van der Waals surface area contributed by atoms with Gasteiger partial charge in [-0.2, -0.15) is 0 Å². The van der Waals surface area contributed by atoms with E-state index in [-0.39, 0.29) is 24.1 Å². The van der Waals surface area contributed by atoms with Gasteiger partial charge in [0.05, 0.1) is 23.5 Å². The van der Waals surface area contributed by atoms with Gasteiger partial charge in [0.2, 0.25) is 5.91 Å². The second-order valence-electron chi connectivity index (χ2n) is 5.54. The van der Waals surface area contributed by atoms with Gasteiger partial charge in [-0.05, 0) is 48.5 Å². The molecule has 3 N–H and O–H groups in total. The molecule has 2 aromatic carbocycles. The van der Waals surface area contributed by atoms with E-state index in [0.717, 1.165) is 0 Å². The lowest BCUT2D eigenvalue weighted by atomic mass is 10.2. The van der Waals surface area contributed by atoms with Gasteiger partial charge in [-0.1, -0.05) is 29.3 Å². The average molecular weight is 404 g/mol. The number of furan rings is 1. The van der Waals surface area contributed by atoms with Crippen molar-refractivity contribution in [2.75, 3.05) is 22.5 Å². The molecule has 138 valence electrons. The van der Waals surface area contributed by atoms with Crippen LogP contribution in [0.3, 0.4) is 0 Å². The summed E-state index contributed by atoms with van der Waals surface area (Å²) < 4.78 is 5.04. The molecule has 0 aliphatic rings. The molecule has 8 heteroatoms. The molecule has 0 saturated carbocycles. The number of amides is 2. The van der Waals surface area contributed by atoms with Gasteiger partial charge >= 0.3 is 0 Å². The first-order chi connectivity index (χ1) is 13.0. The van der Waals surface area contributed by atoms with Crippen LogP contribution in [0.4, 0.5) is 17.1 Å².